The molecule has 170 valence electrons. The first-order valence-corrected chi connectivity index (χ1v) is 11.6. The van der Waals surface area contributed by atoms with Crippen molar-refractivity contribution >= 4 is 11.8 Å². The molecule has 0 radical (unpaired) electrons. The predicted octanol–water partition coefficient (Wildman–Crippen LogP) is 1.15. The van der Waals surface area contributed by atoms with Gasteiger partial charge in [-0.3, -0.25) is 14.5 Å². The Morgan fingerprint density at radius 3 is 2.58 bits per heavy atom. The smallest absolute Gasteiger partial charge is 0.225 e. The van der Waals surface area contributed by atoms with Crippen LogP contribution in [-0.2, 0) is 19.7 Å². The molecule has 2 saturated heterocycles. The molecule has 7 heteroatoms. The average molecular weight is 430 g/mol. The van der Waals surface area contributed by atoms with Gasteiger partial charge in [0.25, 0.3) is 0 Å². The number of carbonyl (C=O) groups excluding carboxylic acids is 2. The second-order valence-corrected chi connectivity index (χ2v) is 9.40. The van der Waals surface area contributed by atoms with Crippen LogP contribution in [-0.4, -0.2) is 85.3 Å². The molecule has 0 aromatic heterocycles. The first-order chi connectivity index (χ1) is 15.0. The number of amides is 2. The third-order valence-electron chi connectivity index (χ3n) is 7.50. The third-order valence-corrected chi connectivity index (χ3v) is 7.50. The van der Waals surface area contributed by atoms with Gasteiger partial charge in [-0.15, -0.1) is 0 Å². The summed E-state index contributed by atoms with van der Waals surface area (Å²) in [5.41, 5.74) is 0.998. The lowest BCUT2D eigenvalue weighted by Crippen LogP contribution is -2.48. The molecule has 1 aromatic rings. The maximum atomic E-state index is 12.9. The minimum atomic E-state index is -0.375. The Labute approximate surface area is 184 Å². The standard InChI is InChI=1S/C24H35N3O4/c1-26-16-18(15-22(26)29)23(30)25-17-24(19-5-3-2-4-6-19)9-7-20(21(28)8-10-24)27-11-13-31-14-12-27/h2-6,18,20-21,28H,7-17H2,1H3,(H,25,30)/t18?,20-,21-,24-/m1/s1. The van der Waals surface area contributed by atoms with Crippen LogP contribution in [0.15, 0.2) is 30.3 Å². The Balaban J connectivity index is 1.49. The van der Waals surface area contributed by atoms with Crippen molar-refractivity contribution in [1.82, 2.24) is 15.1 Å². The van der Waals surface area contributed by atoms with Gasteiger partial charge in [-0.05, 0) is 31.2 Å². The molecule has 3 fully saturated rings. The van der Waals surface area contributed by atoms with Crippen LogP contribution in [0.3, 0.4) is 0 Å². The summed E-state index contributed by atoms with van der Waals surface area (Å²) in [5.74, 6) is -0.283. The maximum absolute atomic E-state index is 12.9. The molecular weight excluding hydrogens is 394 g/mol. The summed E-state index contributed by atoms with van der Waals surface area (Å²) < 4.78 is 5.50. The van der Waals surface area contributed by atoms with Crippen molar-refractivity contribution in [2.24, 2.45) is 5.92 Å². The molecule has 1 aliphatic carbocycles. The van der Waals surface area contributed by atoms with Gasteiger partial charge in [0.05, 0.1) is 25.2 Å². The molecule has 1 unspecified atom stereocenters. The van der Waals surface area contributed by atoms with E-state index >= 15 is 0 Å². The van der Waals surface area contributed by atoms with Gasteiger partial charge in [0.2, 0.25) is 11.8 Å². The number of morpholine rings is 1. The van der Waals surface area contributed by atoms with Gasteiger partial charge >= 0.3 is 0 Å². The van der Waals surface area contributed by atoms with Gasteiger partial charge in [-0.2, -0.15) is 0 Å². The third kappa shape index (κ3) is 4.94. The van der Waals surface area contributed by atoms with E-state index < -0.39 is 0 Å². The van der Waals surface area contributed by atoms with E-state index in [1.165, 1.54) is 5.56 Å². The number of ether oxygens (including phenoxy) is 1. The number of aliphatic hydroxyl groups is 1. The Morgan fingerprint density at radius 1 is 1.19 bits per heavy atom. The Morgan fingerprint density at radius 2 is 1.90 bits per heavy atom. The number of aliphatic hydroxyl groups excluding tert-OH is 1. The first-order valence-electron chi connectivity index (χ1n) is 11.6. The molecule has 4 rings (SSSR count). The van der Waals surface area contributed by atoms with Crippen LogP contribution in [0.25, 0.3) is 0 Å². The SMILES string of the molecule is CN1CC(C(=O)NC[C@]2(c3ccccc3)CC[C@@H](O)[C@H](N3CCOCC3)CC2)CC1=O. The summed E-state index contributed by atoms with van der Waals surface area (Å²) >= 11 is 0. The van der Waals surface area contributed by atoms with Crippen LogP contribution in [0.5, 0.6) is 0 Å². The first kappa shape index (κ1) is 22.2. The maximum Gasteiger partial charge on any atom is 0.225 e. The van der Waals surface area contributed by atoms with Gasteiger partial charge in [0, 0.05) is 51.1 Å². The van der Waals surface area contributed by atoms with E-state index in [4.69, 9.17) is 4.74 Å². The summed E-state index contributed by atoms with van der Waals surface area (Å²) in [6.45, 7) is 4.18. The van der Waals surface area contributed by atoms with E-state index in [0.717, 1.165) is 45.6 Å². The number of benzene rings is 1. The second-order valence-electron chi connectivity index (χ2n) is 9.40. The molecule has 2 heterocycles. The van der Waals surface area contributed by atoms with E-state index in [0.29, 0.717) is 25.9 Å². The fourth-order valence-electron chi connectivity index (χ4n) is 5.49. The number of nitrogens with one attached hydrogen (secondary N) is 1. The molecule has 1 aromatic carbocycles. The number of hydrogen-bond acceptors (Lipinski definition) is 5. The lowest BCUT2D eigenvalue weighted by molar-refractivity contribution is -0.128. The highest BCUT2D eigenvalue weighted by molar-refractivity contribution is 5.89. The van der Waals surface area contributed by atoms with Gasteiger partial charge in [-0.1, -0.05) is 30.3 Å². The minimum absolute atomic E-state index is 0.0314. The minimum Gasteiger partial charge on any atom is -0.391 e. The van der Waals surface area contributed by atoms with Crippen LogP contribution < -0.4 is 5.32 Å². The fourth-order valence-corrected chi connectivity index (χ4v) is 5.49. The summed E-state index contributed by atoms with van der Waals surface area (Å²) in [6.07, 6.45) is 3.23. The topological polar surface area (TPSA) is 82.1 Å². The van der Waals surface area contributed by atoms with Crippen LogP contribution in [0, 0.1) is 5.92 Å². The molecule has 2 amide bonds. The number of likely N-dealkylation sites (tertiary alicyclic amines) is 1. The van der Waals surface area contributed by atoms with Crippen molar-refractivity contribution in [1.29, 1.82) is 0 Å². The van der Waals surface area contributed by atoms with E-state index in [9.17, 15) is 14.7 Å². The van der Waals surface area contributed by atoms with Crippen molar-refractivity contribution in [3.63, 3.8) is 0 Å². The number of carbonyl (C=O) groups is 2. The van der Waals surface area contributed by atoms with Gasteiger partial charge in [-0.25, -0.2) is 0 Å². The van der Waals surface area contributed by atoms with E-state index in [-0.39, 0.29) is 35.3 Å². The van der Waals surface area contributed by atoms with Gasteiger partial charge < -0.3 is 20.1 Å². The van der Waals surface area contributed by atoms with Crippen molar-refractivity contribution in [3.8, 4) is 0 Å². The summed E-state index contributed by atoms with van der Waals surface area (Å²) in [4.78, 5) is 28.7. The molecule has 2 aliphatic heterocycles. The summed E-state index contributed by atoms with van der Waals surface area (Å²) in [7, 11) is 1.75. The largest absolute Gasteiger partial charge is 0.391 e. The Kier molecular flexibility index (Phi) is 6.94. The average Bonchev–Trinajstić information content (AvgIpc) is 3.04. The van der Waals surface area contributed by atoms with Crippen molar-refractivity contribution < 1.29 is 19.4 Å². The monoisotopic (exact) mass is 429 g/mol. The number of rotatable bonds is 5. The molecular formula is C24H35N3O4. The summed E-state index contributed by atoms with van der Waals surface area (Å²) in [6, 6.07) is 10.5. The fraction of sp³-hybridized carbons (Fsp3) is 0.667. The lowest BCUT2D eigenvalue weighted by atomic mass is 9.74. The van der Waals surface area contributed by atoms with Crippen LogP contribution >= 0.6 is 0 Å². The van der Waals surface area contributed by atoms with Gasteiger partial charge in [0.15, 0.2) is 0 Å². The van der Waals surface area contributed by atoms with Gasteiger partial charge in [0.1, 0.15) is 0 Å². The normalized spacial score (nSPS) is 32.6. The molecule has 31 heavy (non-hydrogen) atoms. The molecule has 2 N–H and O–H groups in total. The van der Waals surface area contributed by atoms with Crippen molar-refractivity contribution in [2.75, 3.05) is 46.4 Å². The van der Waals surface area contributed by atoms with E-state index in [1.807, 2.05) is 18.2 Å². The highest BCUT2D eigenvalue weighted by Gasteiger charge is 2.41. The molecule has 0 spiro atoms. The second kappa shape index (κ2) is 9.67. The molecule has 0 bridgehead atoms. The predicted molar refractivity (Wildman–Crippen MR) is 118 cm³/mol. The van der Waals surface area contributed by atoms with Crippen LogP contribution in [0.1, 0.15) is 37.7 Å². The molecule has 7 nitrogen and oxygen atoms in total. The highest BCUT2D eigenvalue weighted by Crippen LogP contribution is 2.39. The molecule has 4 atom stereocenters. The van der Waals surface area contributed by atoms with Crippen LogP contribution in [0.2, 0.25) is 0 Å². The van der Waals surface area contributed by atoms with Crippen LogP contribution in [0.4, 0.5) is 0 Å². The van der Waals surface area contributed by atoms with Crippen molar-refractivity contribution in [3.05, 3.63) is 35.9 Å². The van der Waals surface area contributed by atoms with E-state index in [1.54, 1.807) is 11.9 Å². The van der Waals surface area contributed by atoms with E-state index in [2.05, 4.69) is 22.3 Å². The molecule has 3 aliphatic rings. The number of hydrogen-bond donors (Lipinski definition) is 2. The number of nitrogens with zero attached hydrogens (tertiary/aromatic N) is 2. The van der Waals surface area contributed by atoms with Crippen molar-refractivity contribution in [2.45, 2.75) is 49.7 Å². The Hall–Kier alpha value is -1.96. The zero-order valence-electron chi connectivity index (χ0n) is 18.5. The quantitative estimate of drug-likeness (QED) is 0.687. The Bertz CT molecular complexity index is 767. The lowest BCUT2D eigenvalue weighted by Gasteiger charge is -2.37. The molecule has 1 saturated carbocycles. The highest BCUT2D eigenvalue weighted by atomic mass is 16.5. The summed E-state index contributed by atoms with van der Waals surface area (Å²) in [5, 5.41) is 14.2. The zero-order chi connectivity index (χ0) is 21.8. The zero-order valence-corrected chi connectivity index (χ0v) is 18.5.